The molecule has 3 aliphatic rings. The highest BCUT2D eigenvalue weighted by Gasteiger charge is 2.38. The van der Waals surface area contributed by atoms with Crippen molar-refractivity contribution in [3.63, 3.8) is 0 Å². The Morgan fingerprint density at radius 1 is 1.26 bits per heavy atom. The first kappa shape index (κ1) is 13.2. The second kappa shape index (κ2) is 5.29. The van der Waals surface area contributed by atoms with Crippen LogP contribution in [0.2, 0.25) is 0 Å². The Morgan fingerprint density at radius 2 is 2.05 bits per heavy atom. The Bertz CT molecular complexity index is 344. The molecule has 0 N–H and O–H groups in total. The Kier molecular flexibility index (Phi) is 3.67. The number of carbonyl (C=O) groups excluding carboxylic acids is 1. The van der Waals surface area contributed by atoms with E-state index < -0.39 is 0 Å². The van der Waals surface area contributed by atoms with Gasteiger partial charge < -0.3 is 14.5 Å². The molecule has 1 aliphatic carbocycles. The number of hydrogen-bond acceptors (Lipinski definition) is 3. The molecule has 0 unspecified atom stereocenters. The zero-order chi connectivity index (χ0) is 13.4. The first-order valence-corrected chi connectivity index (χ1v) is 7.45. The molecular formula is C14H25N3O2. The predicted octanol–water partition coefficient (Wildman–Crippen LogP) is 0.853. The molecule has 2 aliphatic heterocycles. The van der Waals surface area contributed by atoms with E-state index in [1.807, 2.05) is 19.0 Å². The molecule has 5 nitrogen and oxygen atoms in total. The van der Waals surface area contributed by atoms with Gasteiger partial charge in [0.2, 0.25) is 0 Å². The zero-order valence-corrected chi connectivity index (χ0v) is 12.0. The molecule has 0 aromatic rings. The highest BCUT2D eigenvalue weighted by Crippen LogP contribution is 2.31. The van der Waals surface area contributed by atoms with E-state index >= 15 is 0 Å². The van der Waals surface area contributed by atoms with Crippen LogP contribution in [0.1, 0.15) is 19.3 Å². The average molecular weight is 267 g/mol. The lowest BCUT2D eigenvalue weighted by atomic mass is 10.1. The van der Waals surface area contributed by atoms with Gasteiger partial charge in [-0.2, -0.15) is 0 Å². The Hall–Kier alpha value is -0.810. The molecule has 2 atom stereocenters. The fourth-order valence-corrected chi connectivity index (χ4v) is 3.13. The molecule has 3 rings (SSSR count). The van der Waals surface area contributed by atoms with Crippen molar-refractivity contribution in [2.45, 2.75) is 31.4 Å². The van der Waals surface area contributed by atoms with E-state index in [4.69, 9.17) is 4.74 Å². The average Bonchev–Trinajstić information content (AvgIpc) is 3.13. The third-order valence-electron chi connectivity index (χ3n) is 4.50. The van der Waals surface area contributed by atoms with E-state index in [1.165, 1.54) is 12.8 Å². The number of rotatable bonds is 3. The maximum Gasteiger partial charge on any atom is 0.319 e. The van der Waals surface area contributed by atoms with Crippen LogP contribution in [0.15, 0.2) is 0 Å². The van der Waals surface area contributed by atoms with Crippen molar-refractivity contribution in [3.8, 4) is 0 Å². The molecule has 0 aromatic carbocycles. The summed E-state index contributed by atoms with van der Waals surface area (Å²) >= 11 is 0. The maximum atomic E-state index is 12.0. The van der Waals surface area contributed by atoms with E-state index in [0.717, 1.165) is 45.1 Å². The molecule has 1 saturated carbocycles. The smallest absolute Gasteiger partial charge is 0.319 e. The Morgan fingerprint density at radius 3 is 2.74 bits per heavy atom. The summed E-state index contributed by atoms with van der Waals surface area (Å²) in [6.45, 7) is 4.71. The number of nitrogens with zero attached hydrogens (tertiary/aromatic N) is 3. The summed E-state index contributed by atoms with van der Waals surface area (Å²) < 4.78 is 6.01. The summed E-state index contributed by atoms with van der Waals surface area (Å²) in [5.74, 6) is 0.837. The van der Waals surface area contributed by atoms with Gasteiger partial charge in [-0.1, -0.05) is 0 Å². The molecule has 3 fully saturated rings. The molecular weight excluding hydrogens is 242 g/mol. The third-order valence-corrected chi connectivity index (χ3v) is 4.50. The van der Waals surface area contributed by atoms with Gasteiger partial charge in [0.05, 0.1) is 6.10 Å². The van der Waals surface area contributed by atoms with Crippen LogP contribution < -0.4 is 0 Å². The lowest BCUT2D eigenvalue weighted by molar-refractivity contribution is 0.0513. The van der Waals surface area contributed by atoms with Crippen molar-refractivity contribution in [3.05, 3.63) is 0 Å². The number of carbonyl (C=O) groups is 1. The minimum atomic E-state index is 0.141. The van der Waals surface area contributed by atoms with Crippen molar-refractivity contribution in [1.82, 2.24) is 14.7 Å². The summed E-state index contributed by atoms with van der Waals surface area (Å²) in [5, 5.41) is 0. The van der Waals surface area contributed by atoms with E-state index in [9.17, 15) is 4.79 Å². The highest BCUT2D eigenvalue weighted by atomic mass is 16.5. The van der Waals surface area contributed by atoms with Crippen molar-refractivity contribution < 1.29 is 9.53 Å². The summed E-state index contributed by atoms with van der Waals surface area (Å²) in [5.41, 5.74) is 0. The first-order valence-electron chi connectivity index (χ1n) is 7.45. The van der Waals surface area contributed by atoms with Gasteiger partial charge >= 0.3 is 6.03 Å². The van der Waals surface area contributed by atoms with Crippen molar-refractivity contribution >= 4 is 6.03 Å². The number of piperazine rings is 1. The van der Waals surface area contributed by atoms with E-state index in [1.54, 1.807) is 4.90 Å². The topological polar surface area (TPSA) is 36.0 Å². The lowest BCUT2D eigenvalue weighted by Crippen LogP contribution is -2.54. The van der Waals surface area contributed by atoms with Gasteiger partial charge in [-0.05, 0) is 25.2 Å². The van der Waals surface area contributed by atoms with Crippen LogP contribution in [-0.4, -0.2) is 79.8 Å². The van der Waals surface area contributed by atoms with Gasteiger partial charge in [-0.25, -0.2) is 4.79 Å². The lowest BCUT2D eigenvalue weighted by Gasteiger charge is -2.38. The third kappa shape index (κ3) is 3.03. The van der Waals surface area contributed by atoms with E-state index in [0.29, 0.717) is 12.1 Å². The van der Waals surface area contributed by atoms with Crippen LogP contribution in [0.5, 0.6) is 0 Å². The largest absolute Gasteiger partial charge is 0.377 e. The Labute approximate surface area is 115 Å². The van der Waals surface area contributed by atoms with Crippen molar-refractivity contribution in [1.29, 1.82) is 0 Å². The second-order valence-corrected chi connectivity index (χ2v) is 6.41. The van der Waals surface area contributed by atoms with Gasteiger partial charge in [0.25, 0.3) is 0 Å². The highest BCUT2D eigenvalue weighted by molar-refractivity contribution is 5.74. The number of hydrogen-bond donors (Lipinski definition) is 0. The molecule has 2 amide bonds. The number of fused-ring (bicyclic) bond motifs is 1. The minimum Gasteiger partial charge on any atom is -0.377 e. The van der Waals surface area contributed by atoms with E-state index in [-0.39, 0.29) is 6.03 Å². The standard InChI is InChI=1S/C14H25N3O2/c1-15(2)14(18)17-6-5-16-9-13(7-12(16)8-17)19-10-11-3-4-11/h11-13H,3-10H2,1-2H3/t12-,13-/m0/s1. The molecule has 0 radical (unpaired) electrons. The first-order chi connectivity index (χ1) is 9.13. The van der Waals surface area contributed by atoms with Gasteiger partial charge in [0, 0.05) is 52.9 Å². The molecule has 0 bridgehead atoms. The van der Waals surface area contributed by atoms with Gasteiger partial charge in [0.1, 0.15) is 0 Å². The molecule has 0 aromatic heterocycles. The molecule has 0 spiro atoms. The Balaban J connectivity index is 1.49. The monoisotopic (exact) mass is 267 g/mol. The van der Waals surface area contributed by atoms with Crippen molar-refractivity contribution in [2.24, 2.45) is 5.92 Å². The van der Waals surface area contributed by atoms with Crippen LogP contribution >= 0.6 is 0 Å². The summed E-state index contributed by atoms with van der Waals surface area (Å²) in [4.78, 5) is 18.1. The number of urea groups is 1. The van der Waals surface area contributed by atoms with Gasteiger partial charge in [-0.15, -0.1) is 0 Å². The minimum absolute atomic E-state index is 0.141. The molecule has 2 saturated heterocycles. The molecule has 108 valence electrons. The molecule has 19 heavy (non-hydrogen) atoms. The van der Waals surface area contributed by atoms with Crippen LogP contribution in [0.3, 0.4) is 0 Å². The van der Waals surface area contributed by atoms with E-state index in [2.05, 4.69) is 4.90 Å². The van der Waals surface area contributed by atoms with Gasteiger partial charge in [0.15, 0.2) is 0 Å². The van der Waals surface area contributed by atoms with Crippen LogP contribution in [0.4, 0.5) is 4.79 Å². The summed E-state index contributed by atoms with van der Waals surface area (Å²) in [6.07, 6.45) is 4.18. The van der Waals surface area contributed by atoms with Crippen molar-refractivity contribution in [2.75, 3.05) is 46.9 Å². The SMILES string of the molecule is CN(C)C(=O)N1CCN2C[C@@H](OCC3CC3)C[C@H]2C1. The maximum absolute atomic E-state index is 12.0. The fourth-order valence-electron chi connectivity index (χ4n) is 3.13. The zero-order valence-electron chi connectivity index (χ0n) is 12.0. The fraction of sp³-hybridized carbons (Fsp3) is 0.929. The van der Waals surface area contributed by atoms with Crippen LogP contribution in [0.25, 0.3) is 0 Å². The predicted molar refractivity (Wildman–Crippen MR) is 73.1 cm³/mol. The van der Waals surface area contributed by atoms with Crippen LogP contribution in [-0.2, 0) is 4.74 Å². The molecule has 2 heterocycles. The summed E-state index contributed by atoms with van der Waals surface area (Å²) in [7, 11) is 3.65. The molecule has 5 heteroatoms. The van der Waals surface area contributed by atoms with Crippen LogP contribution in [0, 0.1) is 5.92 Å². The second-order valence-electron chi connectivity index (χ2n) is 6.41. The van der Waals surface area contributed by atoms with Gasteiger partial charge in [-0.3, -0.25) is 4.90 Å². The quantitative estimate of drug-likeness (QED) is 0.761. The number of ether oxygens (including phenoxy) is 1. The number of amides is 2. The summed E-state index contributed by atoms with van der Waals surface area (Å²) in [6, 6.07) is 0.642. The normalized spacial score (nSPS) is 31.4.